The monoisotopic (exact) mass is 703 g/mol. The number of rotatable bonds is 7. The molecule has 1 atom stereocenters. The summed E-state index contributed by atoms with van der Waals surface area (Å²) < 4.78 is 36.0. The number of ether oxygens (including phenoxy) is 1. The minimum absolute atomic E-state index is 0.0989. The van der Waals surface area contributed by atoms with Crippen molar-refractivity contribution in [1.82, 2.24) is 23.4 Å². The SMILES string of the molecule is CCN(C(=O)C1=Cc2ccccc2-c2c(C3CCCCC3)c3ccc(C(=O)NS(=O)(=O)N(C)C)cc3n2C1)C1CCN(C(=O)OC(C)(C)C)C1. The Bertz CT molecular complexity index is 1950. The Kier molecular flexibility index (Phi) is 9.89. The first-order valence-electron chi connectivity index (χ1n) is 17.7. The van der Waals surface area contributed by atoms with Crippen LogP contribution in [0.5, 0.6) is 0 Å². The van der Waals surface area contributed by atoms with E-state index in [-0.39, 0.29) is 30.2 Å². The van der Waals surface area contributed by atoms with Crippen LogP contribution in [-0.4, -0.2) is 90.4 Å². The van der Waals surface area contributed by atoms with Crippen molar-refractivity contribution in [2.75, 3.05) is 33.7 Å². The predicted octanol–water partition coefficient (Wildman–Crippen LogP) is 6.15. The van der Waals surface area contributed by atoms with Crippen molar-refractivity contribution in [1.29, 1.82) is 0 Å². The molecule has 3 aromatic rings. The number of likely N-dealkylation sites (tertiary alicyclic amines) is 1. The smallest absolute Gasteiger partial charge is 0.410 e. The molecule has 6 rings (SSSR count). The summed E-state index contributed by atoms with van der Waals surface area (Å²) in [5.41, 5.74) is 5.23. The van der Waals surface area contributed by atoms with Crippen molar-refractivity contribution in [2.24, 2.45) is 0 Å². The lowest BCUT2D eigenvalue weighted by atomic mass is 9.81. The zero-order valence-electron chi connectivity index (χ0n) is 30.0. The van der Waals surface area contributed by atoms with Crippen LogP contribution in [0.15, 0.2) is 48.0 Å². The fraction of sp³-hybridized carbons (Fsp3) is 0.500. The van der Waals surface area contributed by atoms with Crippen molar-refractivity contribution in [3.8, 4) is 11.3 Å². The van der Waals surface area contributed by atoms with Crippen molar-refractivity contribution in [2.45, 2.75) is 90.3 Å². The van der Waals surface area contributed by atoms with Gasteiger partial charge in [-0.25, -0.2) is 9.52 Å². The lowest BCUT2D eigenvalue weighted by molar-refractivity contribution is -0.129. The quantitative estimate of drug-likeness (QED) is 0.315. The van der Waals surface area contributed by atoms with Gasteiger partial charge in [-0.05, 0) is 82.2 Å². The van der Waals surface area contributed by atoms with E-state index in [0.717, 1.165) is 57.7 Å². The molecule has 12 heteroatoms. The van der Waals surface area contributed by atoms with Gasteiger partial charge in [-0.3, -0.25) is 9.59 Å². The molecule has 3 aliphatic rings. The van der Waals surface area contributed by atoms with Gasteiger partial charge in [0.1, 0.15) is 5.60 Å². The van der Waals surface area contributed by atoms with Gasteiger partial charge in [0.15, 0.2) is 0 Å². The number of fused-ring (bicyclic) bond motifs is 5. The number of aromatic nitrogens is 1. The molecular formula is C38H49N5O6S. The van der Waals surface area contributed by atoms with Crippen molar-refractivity contribution in [3.05, 3.63) is 64.7 Å². The third-order valence-electron chi connectivity index (χ3n) is 10.1. The largest absolute Gasteiger partial charge is 0.444 e. The minimum atomic E-state index is -4.00. The van der Waals surface area contributed by atoms with Gasteiger partial charge in [-0.2, -0.15) is 12.7 Å². The molecule has 1 saturated heterocycles. The first-order chi connectivity index (χ1) is 23.7. The van der Waals surface area contributed by atoms with Gasteiger partial charge < -0.3 is 19.1 Å². The van der Waals surface area contributed by atoms with E-state index in [9.17, 15) is 22.8 Å². The second-order valence-electron chi connectivity index (χ2n) is 14.9. The number of hydrogen-bond donors (Lipinski definition) is 1. The van der Waals surface area contributed by atoms with E-state index in [2.05, 4.69) is 15.4 Å². The maximum atomic E-state index is 14.6. The summed E-state index contributed by atoms with van der Waals surface area (Å²) in [6, 6.07) is 13.4. The molecule has 0 spiro atoms. The molecule has 1 aliphatic carbocycles. The van der Waals surface area contributed by atoms with Crippen LogP contribution in [0.1, 0.15) is 93.6 Å². The second-order valence-corrected chi connectivity index (χ2v) is 16.7. The topological polar surface area (TPSA) is 121 Å². The number of carbonyl (C=O) groups is 3. The molecule has 3 heterocycles. The lowest BCUT2D eigenvalue weighted by Crippen LogP contribution is -2.44. The normalized spacial score (nSPS) is 18.3. The number of hydrogen-bond acceptors (Lipinski definition) is 6. The molecule has 50 heavy (non-hydrogen) atoms. The fourth-order valence-electron chi connectivity index (χ4n) is 7.66. The Labute approximate surface area is 295 Å². The van der Waals surface area contributed by atoms with Crippen molar-refractivity contribution < 1.29 is 27.5 Å². The number of nitrogens with zero attached hydrogens (tertiary/aromatic N) is 4. The molecule has 1 aromatic heterocycles. The maximum Gasteiger partial charge on any atom is 0.410 e. The van der Waals surface area contributed by atoms with Crippen LogP contribution in [0.3, 0.4) is 0 Å². The van der Waals surface area contributed by atoms with Crippen molar-refractivity contribution >= 4 is 45.1 Å². The van der Waals surface area contributed by atoms with E-state index in [1.807, 2.05) is 62.9 Å². The summed E-state index contributed by atoms with van der Waals surface area (Å²) in [4.78, 5) is 44.3. The average molecular weight is 704 g/mol. The van der Waals surface area contributed by atoms with E-state index in [0.29, 0.717) is 37.5 Å². The zero-order chi connectivity index (χ0) is 36.0. The molecule has 0 radical (unpaired) electrons. The van der Waals surface area contributed by atoms with E-state index in [1.54, 1.807) is 17.0 Å². The zero-order valence-corrected chi connectivity index (χ0v) is 30.8. The lowest BCUT2D eigenvalue weighted by Gasteiger charge is -2.29. The van der Waals surface area contributed by atoms with Crippen LogP contribution in [-0.2, 0) is 26.3 Å². The van der Waals surface area contributed by atoms with Gasteiger partial charge in [0.2, 0.25) is 0 Å². The van der Waals surface area contributed by atoms with Crippen LogP contribution >= 0.6 is 0 Å². The third-order valence-corrected chi connectivity index (χ3v) is 11.5. The Morgan fingerprint density at radius 2 is 1.72 bits per heavy atom. The maximum absolute atomic E-state index is 14.6. The van der Waals surface area contributed by atoms with Crippen molar-refractivity contribution in [3.63, 3.8) is 0 Å². The summed E-state index contributed by atoms with van der Waals surface area (Å²) in [5, 5.41) is 1.01. The summed E-state index contributed by atoms with van der Waals surface area (Å²) >= 11 is 0. The average Bonchev–Trinajstić information content (AvgIpc) is 3.63. The van der Waals surface area contributed by atoms with Crippen LogP contribution in [0.2, 0.25) is 0 Å². The third kappa shape index (κ3) is 7.05. The Hall–Kier alpha value is -4.16. The highest BCUT2D eigenvalue weighted by molar-refractivity contribution is 7.87. The molecule has 1 saturated carbocycles. The summed E-state index contributed by atoms with van der Waals surface area (Å²) in [7, 11) is -1.27. The Balaban J connectivity index is 1.43. The van der Waals surface area contributed by atoms with Crippen LogP contribution in [0.4, 0.5) is 4.79 Å². The summed E-state index contributed by atoms with van der Waals surface area (Å²) in [5.74, 6) is -0.506. The second kappa shape index (κ2) is 13.9. The van der Waals surface area contributed by atoms with Gasteiger partial charge in [-0.1, -0.05) is 49.6 Å². The molecular weight excluding hydrogens is 655 g/mol. The fourth-order valence-corrected chi connectivity index (χ4v) is 8.19. The Morgan fingerprint density at radius 3 is 2.40 bits per heavy atom. The molecule has 2 aliphatic heterocycles. The summed E-state index contributed by atoms with van der Waals surface area (Å²) in [6.07, 6.45) is 7.85. The van der Waals surface area contributed by atoms with E-state index in [1.165, 1.54) is 26.1 Å². The van der Waals surface area contributed by atoms with Gasteiger partial charge >= 0.3 is 16.3 Å². The van der Waals surface area contributed by atoms with Gasteiger partial charge in [0.25, 0.3) is 11.8 Å². The van der Waals surface area contributed by atoms with Gasteiger partial charge in [-0.15, -0.1) is 0 Å². The van der Waals surface area contributed by atoms with E-state index in [4.69, 9.17) is 4.74 Å². The molecule has 3 amide bonds. The van der Waals surface area contributed by atoms with Crippen LogP contribution in [0.25, 0.3) is 28.2 Å². The number of likely N-dealkylation sites (N-methyl/N-ethyl adjacent to an activating group) is 1. The molecule has 0 bridgehead atoms. The van der Waals surface area contributed by atoms with Crippen LogP contribution < -0.4 is 4.72 Å². The molecule has 268 valence electrons. The van der Waals surface area contributed by atoms with Gasteiger partial charge in [0.05, 0.1) is 18.3 Å². The first kappa shape index (κ1) is 35.7. The highest BCUT2D eigenvalue weighted by Gasteiger charge is 2.37. The van der Waals surface area contributed by atoms with Crippen LogP contribution in [0, 0.1) is 0 Å². The van der Waals surface area contributed by atoms with E-state index >= 15 is 0 Å². The highest BCUT2D eigenvalue weighted by atomic mass is 32.2. The number of amides is 3. The number of carbonyl (C=O) groups excluding carboxylic acids is 3. The standard InChI is InChI=1S/C38H49N5O6S/c1-7-42(29-19-20-41(24-29)37(46)49-38(2,3)4)36(45)28-21-26-15-11-12-16-30(26)34-33(25-13-9-8-10-14-25)31-18-17-27(22-32(31)43(34)23-28)35(44)39-50(47,48)40(5)6/h11-12,15-18,21-22,25,29H,7-10,13-14,19-20,23-24H2,1-6H3,(H,39,44). The molecule has 1 unspecified atom stereocenters. The molecule has 11 nitrogen and oxygen atoms in total. The molecule has 1 N–H and O–H groups in total. The highest BCUT2D eigenvalue weighted by Crippen LogP contribution is 2.46. The Morgan fingerprint density at radius 1 is 1.00 bits per heavy atom. The van der Waals surface area contributed by atoms with Gasteiger partial charge in [0, 0.05) is 61.3 Å². The number of benzene rings is 2. The first-order valence-corrected chi connectivity index (χ1v) is 19.1. The number of nitrogens with one attached hydrogen (secondary N) is 1. The summed E-state index contributed by atoms with van der Waals surface area (Å²) in [6.45, 7) is 9.15. The molecule has 2 fully saturated rings. The van der Waals surface area contributed by atoms with E-state index < -0.39 is 21.7 Å². The predicted molar refractivity (Wildman–Crippen MR) is 195 cm³/mol. The molecule has 2 aromatic carbocycles. The minimum Gasteiger partial charge on any atom is -0.444 e.